The zero-order chi connectivity index (χ0) is 12.8. The fraction of sp³-hybridized carbons (Fsp3) is 0.273. The summed E-state index contributed by atoms with van der Waals surface area (Å²) in [7, 11) is 0. The molecule has 92 valence electrons. The average molecular weight is 277 g/mol. The second-order valence-corrected chi connectivity index (χ2v) is 4.44. The molecule has 4 nitrogen and oxygen atoms in total. The molecule has 1 N–H and O–H groups in total. The maximum Gasteiger partial charge on any atom is 0.339 e. The van der Waals surface area contributed by atoms with Crippen LogP contribution in [0, 0.1) is 0 Å². The zero-order valence-corrected chi connectivity index (χ0v) is 10.2. The topological polar surface area (TPSA) is 63.6 Å². The number of carbonyl (C=O) groups is 2. The van der Waals surface area contributed by atoms with Gasteiger partial charge in [-0.1, -0.05) is 12.1 Å². The van der Waals surface area contributed by atoms with Crippen LogP contribution in [0.4, 0.5) is 0 Å². The number of alkyl halides is 2. The van der Waals surface area contributed by atoms with Crippen LogP contribution in [0.1, 0.15) is 27.1 Å². The molecule has 1 rings (SSSR count). The number of halogens is 2. The summed E-state index contributed by atoms with van der Waals surface area (Å²) in [5, 5.41) is 8.88. The van der Waals surface area contributed by atoms with Gasteiger partial charge in [0, 0.05) is 6.42 Å². The standard InChI is InChI=1S/C11H10Cl2O4/c12-9(13)5-6-17-11(16)8-4-2-1-3-7(8)10(14)15/h1-4,9H,5-6H2,(H,14,15). The number of carbonyl (C=O) groups excluding carboxylic acids is 1. The minimum atomic E-state index is -1.18. The van der Waals surface area contributed by atoms with E-state index >= 15 is 0 Å². The summed E-state index contributed by atoms with van der Waals surface area (Å²) >= 11 is 10.9. The van der Waals surface area contributed by atoms with Crippen molar-refractivity contribution in [1.82, 2.24) is 0 Å². The van der Waals surface area contributed by atoms with Gasteiger partial charge in [-0.05, 0) is 12.1 Å². The highest BCUT2D eigenvalue weighted by atomic mass is 35.5. The van der Waals surface area contributed by atoms with Crippen molar-refractivity contribution in [3.05, 3.63) is 35.4 Å². The van der Waals surface area contributed by atoms with E-state index < -0.39 is 16.8 Å². The minimum Gasteiger partial charge on any atom is -0.478 e. The van der Waals surface area contributed by atoms with Crippen molar-refractivity contribution in [1.29, 1.82) is 0 Å². The molecule has 0 aliphatic carbocycles. The molecule has 0 aromatic heterocycles. The number of esters is 1. The number of aromatic carboxylic acids is 1. The smallest absolute Gasteiger partial charge is 0.339 e. The average Bonchev–Trinajstić information content (AvgIpc) is 2.28. The summed E-state index contributed by atoms with van der Waals surface area (Å²) in [4.78, 5) is 21.8. The third-order valence-electron chi connectivity index (χ3n) is 1.95. The second-order valence-electron chi connectivity index (χ2n) is 3.17. The van der Waals surface area contributed by atoms with Crippen LogP contribution in [0.3, 0.4) is 0 Å². The van der Waals surface area contributed by atoms with E-state index in [0.29, 0.717) is 6.42 Å². The molecular weight excluding hydrogens is 267 g/mol. The fourth-order valence-electron chi connectivity index (χ4n) is 1.17. The van der Waals surface area contributed by atoms with E-state index in [2.05, 4.69) is 0 Å². The van der Waals surface area contributed by atoms with Crippen molar-refractivity contribution in [2.24, 2.45) is 0 Å². The highest BCUT2D eigenvalue weighted by Crippen LogP contribution is 2.12. The lowest BCUT2D eigenvalue weighted by Gasteiger charge is -2.07. The van der Waals surface area contributed by atoms with Crippen molar-refractivity contribution in [3.8, 4) is 0 Å². The molecule has 17 heavy (non-hydrogen) atoms. The molecule has 0 saturated heterocycles. The Bertz CT molecular complexity index is 418. The maximum atomic E-state index is 11.6. The molecule has 1 aromatic carbocycles. The number of hydrogen-bond acceptors (Lipinski definition) is 3. The van der Waals surface area contributed by atoms with Gasteiger partial charge in [0.25, 0.3) is 0 Å². The highest BCUT2D eigenvalue weighted by molar-refractivity contribution is 6.44. The predicted molar refractivity (Wildman–Crippen MR) is 63.8 cm³/mol. The molecule has 0 aliphatic heterocycles. The molecule has 0 unspecified atom stereocenters. The molecule has 0 spiro atoms. The molecule has 1 aromatic rings. The molecule has 0 heterocycles. The Hall–Kier alpha value is -1.26. The normalized spacial score (nSPS) is 10.3. The number of hydrogen-bond donors (Lipinski definition) is 1. The van der Waals surface area contributed by atoms with Crippen LogP contribution in [0.5, 0.6) is 0 Å². The second kappa shape index (κ2) is 6.47. The highest BCUT2D eigenvalue weighted by Gasteiger charge is 2.16. The third kappa shape index (κ3) is 4.24. The van der Waals surface area contributed by atoms with Crippen LogP contribution < -0.4 is 0 Å². The Balaban J connectivity index is 2.72. The summed E-state index contributed by atoms with van der Waals surface area (Å²) in [6.45, 7) is 0.0461. The van der Waals surface area contributed by atoms with Crippen LogP contribution in [-0.4, -0.2) is 28.5 Å². The monoisotopic (exact) mass is 276 g/mol. The van der Waals surface area contributed by atoms with Gasteiger partial charge in [0.1, 0.15) is 4.84 Å². The van der Waals surface area contributed by atoms with Gasteiger partial charge in [-0.15, -0.1) is 23.2 Å². The summed E-state index contributed by atoms with van der Waals surface area (Å²) in [5.74, 6) is -1.87. The van der Waals surface area contributed by atoms with Crippen molar-refractivity contribution in [3.63, 3.8) is 0 Å². The van der Waals surface area contributed by atoms with Crippen LogP contribution in [-0.2, 0) is 4.74 Å². The van der Waals surface area contributed by atoms with E-state index in [1.807, 2.05) is 0 Å². The van der Waals surface area contributed by atoms with Crippen molar-refractivity contribution < 1.29 is 19.4 Å². The van der Waals surface area contributed by atoms with E-state index in [1.165, 1.54) is 18.2 Å². The SMILES string of the molecule is O=C(O)c1ccccc1C(=O)OCCC(Cl)Cl. The molecule has 0 bridgehead atoms. The summed E-state index contributed by atoms with van der Waals surface area (Å²) in [6, 6.07) is 5.83. The van der Waals surface area contributed by atoms with Crippen LogP contribution in [0.2, 0.25) is 0 Å². The van der Waals surface area contributed by atoms with Crippen LogP contribution in [0.15, 0.2) is 24.3 Å². The van der Waals surface area contributed by atoms with Crippen LogP contribution in [0.25, 0.3) is 0 Å². The first-order valence-corrected chi connectivity index (χ1v) is 5.67. The first-order valence-electron chi connectivity index (χ1n) is 4.80. The Morgan fingerprint density at radius 3 is 2.35 bits per heavy atom. The third-order valence-corrected chi connectivity index (χ3v) is 2.38. The quantitative estimate of drug-likeness (QED) is 0.664. The Labute approximate surface area is 108 Å². The largest absolute Gasteiger partial charge is 0.478 e. The van der Waals surface area contributed by atoms with E-state index in [1.54, 1.807) is 6.07 Å². The summed E-state index contributed by atoms with van der Waals surface area (Å²) < 4.78 is 4.86. The molecule has 0 saturated carbocycles. The minimum absolute atomic E-state index is 0.0145. The number of ether oxygens (including phenoxy) is 1. The van der Waals surface area contributed by atoms with E-state index in [-0.39, 0.29) is 17.7 Å². The first-order chi connectivity index (χ1) is 8.02. The number of carboxylic acid groups (broad SMARTS) is 1. The van der Waals surface area contributed by atoms with Gasteiger partial charge < -0.3 is 9.84 Å². The molecular formula is C11H10Cl2O4. The predicted octanol–water partition coefficient (Wildman–Crippen LogP) is 2.74. The van der Waals surface area contributed by atoms with Crippen LogP contribution >= 0.6 is 23.2 Å². The van der Waals surface area contributed by atoms with Gasteiger partial charge in [0.2, 0.25) is 0 Å². The van der Waals surface area contributed by atoms with E-state index in [0.717, 1.165) is 0 Å². The molecule has 0 atom stereocenters. The Morgan fingerprint density at radius 1 is 1.24 bits per heavy atom. The molecule has 0 fully saturated rings. The summed E-state index contributed by atoms with van der Waals surface area (Å²) in [5.41, 5.74) is -0.0773. The summed E-state index contributed by atoms with van der Waals surface area (Å²) in [6.07, 6.45) is 0.296. The lowest BCUT2D eigenvalue weighted by atomic mass is 10.1. The van der Waals surface area contributed by atoms with Gasteiger partial charge in [-0.2, -0.15) is 0 Å². The van der Waals surface area contributed by atoms with Crippen molar-refractivity contribution >= 4 is 35.1 Å². The maximum absolute atomic E-state index is 11.6. The molecule has 0 radical (unpaired) electrons. The van der Waals surface area contributed by atoms with Gasteiger partial charge in [-0.25, -0.2) is 9.59 Å². The van der Waals surface area contributed by atoms with Crippen molar-refractivity contribution in [2.75, 3.05) is 6.61 Å². The van der Waals surface area contributed by atoms with Gasteiger partial charge in [-0.3, -0.25) is 0 Å². The van der Waals surface area contributed by atoms with Gasteiger partial charge >= 0.3 is 11.9 Å². The number of rotatable bonds is 5. The van der Waals surface area contributed by atoms with E-state index in [9.17, 15) is 9.59 Å². The van der Waals surface area contributed by atoms with E-state index in [4.69, 9.17) is 33.0 Å². The lowest BCUT2D eigenvalue weighted by molar-refractivity contribution is 0.0493. The molecule has 6 heteroatoms. The fourth-order valence-corrected chi connectivity index (χ4v) is 1.34. The Kier molecular flexibility index (Phi) is 5.25. The Morgan fingerprint density at radius 2 is 1.82 bits per heavy atom. The lowest BCUT2D eigenvalue weighted by Crippen LogP contribution is -2.13. The van der Waals surface area contributed by atoms with Gasteiger partial charge in [0.15, 0.2) is 0 Å². The zero-order valence-electron chi connectivity index (χ0n) is 8.73. The van der Waals surface area contributed by atoms with Crippen molar-refractivity contribution in [2.45, 2.75) is 11.3 Å². The van der Waals surface area contributed by atoms with Gasteiger partial charge in [0.05, 0.1) is 17.7 Å². The molecule has 0 amide bonds. The number of benzene rings is 1. The molecule has 0 aliphatic rings. The first kappa shape index (κ1) is 13.8. The number of carboxylic acids is 1.